The first-order chi connectivity index (χ1) is 13.0. The van der Waals surface area contributed by atoms with Crippen molar-refractivity contribution in [2.24, 2.45) is 5.92 Å². The third-order valence-corrected chi connectivity index (χ3v) is 4.90. The van der Waals surface area contributed by atoms with Crippen molar-refractivity contribution in [1.82, 2.24) is 9.88 Å². The number of pyridine rings is 1. The second kappa shape index (κ2) is 8.31. The van der Waals surface area contributed by atoms with E-state index in [1.165, 1.54) is 13.2 Å². The highest BCUT2D eigenvalue weighted by molar-refractivity contribution is 6.30. The number of methoxy groups -OCH3 is 1. The Morgan fingerprint density at radius 3 is 2.30 bits per heavy atom. The molecular weight excluding hydrogens is 368 g/mol. The fourth-order valence-electron chi connectivity index (χ4n) is 3.13. The van der Waals surface area contributed by atoms with Crippen molar-refractivity contribution in [2.45, 2.75) is 12.8 Å². The minimum absolute atomic E-state index is 0.0737. The number of amides is 1. The van der Waals surface area contributed by atoms with Crippen LogP contribution in [-0.4, -0.2) is 47.7 Å². The molecule has 0 N–H and O–H groups in total. The number of carbonyl (C=O) groups is 3. The third-order valence-electron chi connectivity index (χ3n) is 4.64. The number of piperidine rings is 1. The van der Waals surface area contributed by atoms with Gasteiger partial charge in [-0.3, -0.25) is 9.59 Å². The maximum atomic E-state index is 12.7. The van der Waals surface area contributed by atoms with Crippen LogP contribution in [-0.2, 0) is 4.74 Å². The van der Waals surface area contributed by atoms with Gasteiger partial charge in [-0.1, -0.05) is 17.7 Å². The molecule has 0 atom stereocenters. The van der Waals surface area contributed by atoms with Crippen LogP contribution in [0.15, 0.2) is 42.5 Å². The van der Waals surface area contributed by atoms with Crippen molar-refractivity contribution in [3.05, 3.63) is 64.4 Å². The van der Waals surface area contributed by atoms with Crippen molar-refractivity contribution in [2.75, 3.05) is 20.2 Å². The van der Waals surface area contributed by atoms with Gasteiger partial charge in [0.25, 0.3) is 5.91 Å². The zero-order valence-electron chi connectivity index (χ0n) is 14.9. The molecule has 1 aliphatic heterocycles. The van der Waals surface area contributed by atoms with Crippen LogP contribution in [0, 0.1) is 5.92 Å². The van der Waals surface area contributed by atoms with Gasteiger partial charge in [-0.25, -0.2) is 9.78 Å². The Balaban J connectivity index is 1.63. The summed E-state index contributed by atoms with van der Waals surface area (Å²) in [6.07, 6.45) is 1.17. The number of nitrogens with zero attached hydrogens (tertiary/aromatic N) is 2. The van der Waals surface area contributed by atoms with Crippen molar-refractivity contribution >= 4 is 29.3 Å². The van der Waals surface area contributed by atoms with Gasteiger partial charge in [0.05, 0.1) is 7.11 Å². The average molecular weight is 387 g/mol. The van der Waals surface area contributed by atoms with E-state index >= 15 is 0 Å². The summed E-state index contributed by atoms with van der Waals surface area (Å²) < 4.78 is 4.63. The van der Waals surface area contributed by atoms with Crippen LogP contribution >= 0.6 is 11.6 Å². The molecule has 0 unspecified atom stereocenters. The number of aromatic nitrogens is 1. The van der Waals surface area contributed by atoms with Gasteiger partial charge in [0.15, 0.2) is 5.78 Å². The number of likely N-dealkylation sites (tertiary alicyclic amines) is 1. The molecule has 1 saturated heterocycles. The highest BCUT2D eigenvalue weighted by Gasteiger charge is 2.29. The molecule has 27 heavy (non-hydrogen) atoms. The van der Waals surface area contributed by atoms with Crippen LogP contribution in [0.4, 0.5) is 0 Å². The van der Waals surface area contributed by atoms with E-state index in [4.69, 9.17) is 11.6 Å². The smallest absolute Gasteiger partial charge is 0.356 e. The van der Waals surface area contributed by atoms with E-state index in [2.05, 4.69) is 9.72 Å². The van der Waals surface area contributed by atoms with Crippen LogP contribution < -0.4 is 0 Å². The summed E-state index contributed by atoms with van der Waals surface area (Å²) in [5, 5.41) is 0.591. The van der Waals surface area contributed by atoms with Gasteiger partial charge in [-0.15, -0.1) is 0 Å². The van der Waals surface area contributed by atoms with Crippen LogP contribution in [0.1, 0.15) is 44.2 Å². The number of ketones is 1. The second-order valence-electron chi connectivity index (χ2n) is 6.34. The number of hydrogen-bond acceptors (Lipinski definition) is 5. The van der Waals surface area contributed by atoms with Crippen LogP contribution in [0.25, 0.3) is 0 Å². The van der Waals surface area contributed by atoms with E-state index in [9.17, 15) is 14.4 Å². The van der Waals surface area contributed by atoms with E-state index in [1.54, 1.807) is 41.3 Å². The standard InChI is InChI=1S/C20H19ClN2O4/c1-27-20(26)17-4-2-3-16(22-17)19(25)23-11-9-14(10-12-23)18(24)13-5-7-15(21)8-6-13/h2-8,14H,9-12H2,1H3. The van der Waals surface area contributed by atoms with Gasteiger partial charge in [0.2, 0.25) is 0 Å². The normalized spacial score (nSPS) is 14.7. The number of Topliss-reactive ketones (excluding diaryl/α,β-unsaturated/α-hetero) is 1. The summed E-state index contributed by atoms with van der Waals surface area (Å²) in [6.45, 7) is 0.930. The number of carbonyl (C=O) groups excluding carboxylic acids is 3. The lowest BCUT2D eigenvalue weighted by molar-refractivity contribution is 0.0592. The summed E-state index contributed by atoms with van der Waals surface area (Å²) in [7, 11) is 1.26. The molecule has 6 nitrogen and oxygen atoms in total. The molecule has 2 aromatic rings. The van der Waals surface area contributed by atoms with Crippen LogP contribution in [0.5, 0.6) is 0 Å². The van der Waals surface area contributed by atoms with Gasteiger partial charge >= 0.3 is 5.97 Å². The number of benzene rings is 1. The number of hydrogen-bond donors (Lipinski definition) is 0. The lowest BCUT2D eigenvalue weighted by Crippen LogP contribution is -2.40. The van der Waals surface area contributed by atoms with E-state index < -0.39 is 5.97 Å². The molecule has 0 aliphatic carbocycles. The van der Waals surface area contributed by atoms with Crippen molar-refractivity contribution in [1.29, 1.82) is 0 Å². The van der Waals surface area contributed by atoms with Crippen molar-refractivity contribution in [3.8, 4) is 0 Å². The highest BCUT2D eigenvalue weighted by Crippen LogP contribution is 2.23. The summed E-state index contributed by atoms with van der Waals surface area (Å²) in [6, 6.07) is 11.5. The minimum Gasteiger partial charge on any atom is -0.464 e. The molecule has 3 rings (SSSR count). The molecule has 1 fully saturated rings. The zero-order chi connectivity index (χ0) is 19.4. The number of esters is 1. The van der Waals surface area contributed by atoms with Gasteiger partial charge in [-0.2, -0.15) is 0 Å². The van der Waals surface area contributed by atoms with Crippen LogP contribution in [0.2, 0.25) is 5.02 Å². The Hall–Kier alpha value is -2.73. The molecule has 1 aromatic heterocycles. The molecule has 0 bridgehead atoms. The minimum atomic E-state index is -0.586. The molecule has 0 radical (unpaired) electrons. The second-order valence-corrected chi connectivity index (χ2v) is 6.77. The Labute approximate surface area is 162 Å². The van der Waals surface area contributed by atoms with Gasteiger partial charge < -0.3 is 9.64 Å². The number of ether oxygens (including phenoxy) is 1. The predicted octanol–water partition coefficient (Wildman–Crippen LogP) is 3.26. The Bertz CT molecular complexity index is 859. The summed E-state index contributed by atoms with van der Waals surface area (Å²) in [4.78, 5) is 42.6. The SMILES string of the molecule is COC(=O)c1cccc(C(=O)N2CCC(C(=O)c3ccc(Cl)cc3)CC2)n1. The highest BCUT2D eigenvalue weighted by atomic mass is 35.5. The zero-order valence-corrected chi connectivity index (χ0v) is 15.6. The summed E-state index contributed by atoms with van der Waals surface area (Å²) in [5.74, 6) is -0.885. The summed E-state index contributed by atoms with van der Waals surface area (Å²) in [5.41, 5.74) is 0.924. The van der Waals surface area contributed by atoms with E-state index in [1.807, 2.05) is 0 Å². The molecule has 1 amide bonds. The fourth-order valence-corrected chi connectivity index (χ4v) is 3.25. The Morgan fingerprint density at radius 1 is 1.04 bits per heavy atom. The molecule has 1 aliphatic rings. The van der Waals surface area contributed by atoms with Crippen molar-refractivity contribution in [3.63, 3.8) is 0 Å². The molecule has 0 spiro atoms. The first-order valence-electron chi connectivity index (χ1n) is 8.64. The molecule has 7 heteroatoms. The monoisotopic (exact) mass is 386 g/mol. The van der Waals surface area contributed by atoms with Crippen molar-refractivity contribution < 1.29 is 19.1 Å². The summed E-state index contributed by atoms with van der Waals surface area (Å²) >= 11 is 5.86. The fraction of sp³-hybridized carbons (Fsp3) is 0.300. The quantitative estimate of drug-likeness (QED) is 0.595. The van der Waals surface area contributed by atoms with Gasteiger partial charge in [0, 0.05) is 29.6 Å². The maximum Gasteiger partial charge on any atom is 0.356 e. The molecule has 0 saturated carbocycles. The largest absolute Gasteiger partial charge is 0.464 e. The first-order valence-corrected chi connectivity index (χ1v) is 9.02. The van der Waals surface area contributed by atoms with Gasteiger partial charge in [-0.05, 0) is 49.2 Å². The van der Waals surface area contributed by atoms with E-state index in [-0.39, 0.29) is 29.0 Å². The molecule has 1 aromatic carbocycles. The first kappa shape index (κ1) is 19.0. The molecular formula is C20H19ClN2O4. The number of rotatable bonds is 4. The maximum absolute atomic E-state index is 12.7. The molecule has 140 valence electrons. The number of halogens is 1. The van der Waals surface area contributed by atoms with Gasteiger partial charge in [0.1, 0.15) is 11.4 Å². The topological polar surface area (TPSA) is 76.6 Å². The van der Waals surface area contributed by atoms with E-state index in [0.717, 1.165) is 0 Å². The Kier molecular flexibility index (Phi) is 5.86. The van der Waals surface area contributed by atoms with Crippen LogP contribution in [0.3, 0.4) is 0 Å². The predicted molar refractivity (Wildman–Crippen MR) is 100.0 cm³/mol. The third kappa shape index (κ3) is 4.34. The Morgan fingerprint density at radius 2 is 1.67 bits per heavy atom. The lowest BCUT2D eigenvalue weighted by atomic mass is 9.89. The van der Waals surface area contributed by atoms with E-state index in [0.29, 0.717) is 36.5 Å². The average Bonchev–Trinajstić information content (AvgIpc) is 2.73. The lowest BCUT2D eigenvalue weighted by Gasteiger charge is -2.31. The molecule has 2 heterocycles.